The van der Waals surface area contributed by atoms with Crippen LogP contribution in [0.5, 0.6) is 0 Å². The summed E-state index contributed by atoms with van der Waals surface area (Å²) in [7, 11) is 0. The largest absolute Gasteiger partial charge is 0.307 e. The van der Waals surface area contributed by atoms with E-state index in [1.165, 1.54) is 64.4 Å². The quantitative estimate of drug-likeness (QED) is 0.241. The topological polar surface area (TPSA) is 9.86 Å². The zero-order valence-electron chi connectivity index (χ0n) is 18.8. The molecule has 0 spiro atoms. The number of nitrogens with zero attached hydrogens (tertiary/aromatic N) is 2. The predicted molar refractivity (Wildman–Crippen MR) is 151 cm³/mol. The van der Waals surface area contributed by atoms with Crippen molar-refractivity contribution in [2.24, 2.45) is 0 Å². The van der Waals surface area contributed by atoms with Crippen LogP contribution in [0.1, 0.15) is 0 Å². The van der Waals surface area contributed by atoms with Crippen molar-refractivity contribution in [2.45, 2.75) is 0 Å². The molecule has 164 valence electrons. The number of rotatable bonds is 2. The fourth-order valence-electron chi connectivity index (χ4n) is 5.72. The molecule has 0 amide bonds. The van der Waals surface area contributed by atoms with E-state index in [0.717, 1.165) is 0 Å². The van der Waals surface area contributed by atoms with E-state index in [1.807, 2.05) is 11.3 Å². The highest BCUT2D eigenvalue weighted by Crippen LogP contribution is 2.46. The van der Waals surface area contributed by atoms with Crippen LogP contribution in [-0.4, -0.2) is 9.13 Å². The normalized spacial score (nSPS) is 12.0. The number of thiophene rings is 1. The van der Waals surface area contributed by atoms with E-state index in [1.54, 1.807) is 0 Å². The number of hydrogen-bond acceptors (Lipinski definition) is 1. The first-order valence-corrected chi connectivity index (χ1v) is 12.7. The monoisotopic (exact) mass is 464 g/mol. The van der Waals surface area contributed by atoms with E-state index in [4.69, 9.17) is 0 Å². The zero-order valence-corrected chi connectivity index (χ0v) is 19.7. The Hall–Kier alpha value is -4.34. The number of para-hydroxylation sites is 3. The van der Waals surface area contributed by atoms with Crippen LogP contribution in [0.15, 0.2) is 121 Å². The molecule has 0 aliphatic heterocycles. The molecule has 8 rings (SSSR count). The molecule has 0 radical (unpaired) electrons. The number of benzene rings is 5. The molecule has 0 N–H and O–H groups in total. The molecule has 0 fully saturated rings. The van der Waals surface area contributed by atoms with Crippen LogP contribution in [0.2, 0.25) is 0 Å². The molecule has 35 heavy (non-hydrogen) atoms. The van der Waals surface area contributed by atoms with Gasteiger partial charge in [-0.05, 0) is 48.5 Å². The van der Waals surface area contributed by atoms with Crippen LogP contribution < -0.4 is 0 Å². The Balaban J connectivity index is 1.73. The molecule has 0 aliphatic rings. The molecule has 3 aromatic heterocycles. The Morgan fingerprint density at radius 1 is 0.400 bits per heavy atom. The van der Waals surface area contributed by atoms with Crippen molar-refractivity contribution in [3.63, 3.8) is 0 Å². The van der Waals surface area contributed by atoms with E-state index in [-0.39, 0.29) is 0 Å². The molecule has 0 saturated carbocycles. The Kier molecular flexibility index (Phi) is 3.85. The van der Waals surface area contributed by atoms with Crippen molar-refractivity contribution < 1.29 is 0 Å². The second-order valence-corrected chi connectivity index (χ2v) is 10.1. The van der Waals surface area contributed by atoms with Gasteiger partial charge < -0.3 is 9.13 Å². The third kappa shape index (κ3) is 2.53. The van der Waals surface area contributed by atoms with Crippen molar-refractivity contribution in [1.29, 1.82) is 0 Å². The highest BCUT2D eigenvalue weighted by Gasteiger charge is 2.24. The molecular formula is C32H20N2S. The number of hydrogen-bond donors (Lipinski definition) is 0. The second kappa shape index (κ2) is 7.08. The summed E-state index contributed by atoms with van der Waals surface area (Å²) in [5.74, 6) is 0. The van der Waals surface area contributed by atoms with E-state index >= 15 is 0 Å². The maximum atomic E-state index is 2.46. The lowest BCUT2D eigenvalue weighted by Crippen LogP contribution is -1.93. The third-order valence-electron chi connectivity index (χ3n) is 7.10. The predicted octanol–water partition coefficient (Wildman–Crippen LogP) is 9.10. The standard InChI is InChI=1S/C32H20N2S/c1-3-11-21(12-4-1)33-25-17-9-7-15-23(25)31-32(33)30-26(34(31)22-13-5-2-6-14-22)19-20-28-29(30)24-16-8-10-18-27(24)35-28/h1-20H. The van der Waals surface area contributed by atoms with Gasteiger partial charge in [-0.25, -0.2) is 0 Å². The maximum absolute atomic E-state index is 2.46. The fourth-order valence-corrected chi connectivity index (χ4v) is 6.84. The van der Waals surface area contributed by atoms with Crippen molar-refractivity contribution in [1.82, 2.24) is 9.13 Å². The SMILES string of the molecule is c1ccc(-n2c3ccc4sc5ccccc5c4c3c3c2c2ccccc2n3-c2ccccc2)cc1. The lowest BCUT2D eigenvalue weighted by molar-refractivity contribution is 1.17. The molecule has 0 unspecified atom stereocenters. The third-order valence-corrected chi connectivity index (χ3v) is 8.24. The van der Waals surface area contributed by atoms with Crippen LogP contribution >= 0.6 is 11.3 Å². The summed E-state index contributed by atoms with van der Waals surface area (Å²) in [4.78, 5) is 0. The molecule has 0 bridgehead atoms. The Bertz CT molecular complexity index is 2000. The van der Waals surface area contributed by atoms with Gasteiger partial charge in [0.2, 0.25) is 0 Å². The molecule has 0 saturated heterocycles. The highest BCUT2D eigenvalue weighted by atomic mass is 32.1. The molecule has 0 aliphatic carbocycles. The molecule has 5 aromatic carbocycles. The minimum Gasteiger partial charge on any atom is -0.307 e. The van der Waals surface area contributed by atoms with Crippen molar-refractivity contribution in [3.8, 4) is 11.4 Å². The summed E-state index contributed by atoms with van der Waals surface area (Å²) in [6.07, 6.45) is 0. The molecule has 3 heterocycles. The first-order chi connectivity index (χ1) is 17.4. The first-order valence-electron chi connectivity index (χ1n) is 11.9. The zero-order chi connectivity index (χ0) is 22.9. The molecule has 0 atom stereocenters. The summed E-state index contributed by atoms with van der Waals surface area (Å²) in [6.45, 7) is 0. The minimum atomic E-state index is 1.18. The number of aromatic nitrogens is 2. The first kappa shape index (κ1) is 19.0. The van der Waals surface area contributed by atoms with Crippen LogP contribution in [0.25, 0.3) is 64.4 Å². The van der Waals surface area contributed by atoms with Gasteiger partial charge in [-0.1, -0.05) is 72.8 Å². The summed E-state index contributed by atoms with van der Waals surface area (Å²) in [5.41, 5.74) is 7.36. The lowest BCUT2D eigenvalue weighted by atomic mass is 10.1. The molecule has 8 aromatic rings. The summed E-state index contributed by atoms with van der Waals surface area (Å²) >= 11 is 1.88. The van der Waals surface area contributed by atoms with E-state index in [0.29, 0.717) is 0 Å². The summed E-state index contributed by atoms with van der Waals surface area (Å²) in [6, 6.07) is 43.8. The van der Waals surface area contributed by atoms with Gasteiger partial charge in [0, 0.05) is 42.3 Å². The minimum absolute atomic E-state index is 1.18. The smallest absolute Gasteiger partial charge is 0.0810 e. The van der Waals surface area contributed by atoms with Crippen LogP contribution in [0, 0.1) is 0 Å². The Labute approximate surface area is 205 Å². The second-order valence-electron chi connectivity index (χ2n) is 8.99. The van der Waals surface area contributed by atoms with Crippen molar-refractivity contribution in [3.05, 3.63) is 121 Å². The maximum Gasteiger partial charge on any atom is 0.0810 e. The van der Waals surface area contributed by atoms with Gasteiger partial charge in [0.25, 0.3) is 0 Å². The van der Waals surface area contributed by atoms with Crippen LogP contribution in [0.4, 0.5) is 0 Å². The number of fused-ring (bicyclic) bond motifs is 9. The van der Waals surface area contributed by atoms with Crippen LogP contribution in [0.3, 0.4) is 0 Å². The van der Waals surface area contributed by atoms with E-state index in [2.05, 4.69) is 130 Å². The summed E-state index contributed by atoms with van der Waals surface area (Å²) < 4.78 is 7.57. The Morgan fingerprint density at radius 3 is 1.74 bits per heavy atom. The Morgan fingerprint density at radius 2 is 1.00 bits per heavy atom. The lowest BCUT2D eigenvalue weighted by Gasteiger charge is -2.09. The molecule has 2 nitrogen and oxygen atoms in total. The highest BCUT2D eigenvalue weighted by molar-refractivity contribution is 7.26. The van der Waals surface area contributed by atoms with Gasteiger partial charge in [-0.3, -0.25) is 0 Å². The average molecular weight is 465 g/mol. The van der Waals surface area contributed by atoms with E-state index in [9.17, 15) is 0 Å². The van der Waals surface area contributed by atoms with Gasteiger partial charge in [-0.2, -0.15) is 0 Å². The average Bonchev–Trinajstić information content (AvgIpc) is 3.56. The van der Waals surface area contributed by atoms with Gasteiger partial charge in [0.1, 0.15) is 0 Å². The van der Waals surface area contributed by atoms with Gasteiger partial charge in [-0.15, -0.1) is 11.3 Å². The summed E-state index contributed by atoms with van der Waals surface area (Å²) in [5, 5.41) is 5.26. The van der Waals surface area contributed by atoms with Crippen LogP contribution in [-0.2, 0) is 0 Å². The van der Waals surface area contributed by atoms with Gasteiger partial charge in [0.15, 0.2) is 0 Å². The van der Waals surface area contributed by atoms with E-state index < -0.39 is 0 Å². The molecule has 3 heteroatoms. The van der Waals surface area contributed by atoms with Crippen molar-refractivity contribution in [2.75, 3.05) is 0 Å². The van der Waals surface area contributed by atoms with Crippen molar-refractivity contribution >= 4 is 64.3 Å². The van der Waals surface area contributed by atoms with Gasteiger partial charge in [0.05, 0.1) is 22.1 Å². The fraction of sp³-hybridized carbons (Fsp3) is 0. The van der Waals surface area contributed by atoms with Gasteiger partial charge >= 0.3 is 0 Å². The molecular weight excluding hydrogens is 444 g/mol.